The summed E-state index contributed by atoms with van der Waals surface area (Å²) in [4.78, 5) is 28.5. The van der Waals surface area contributed by atoms with Crippen LogP contribution >= 0.6 is 11.3 Å². The number of morpholine rings is 1. The van der Waals surface area contributed by atoms with Crippen LogP contribution in [0, 0.1) is 6.92 Å². The fourth-order valence-electron chi connectivity index (χ4n) is 1.66. The number of hydrogen-bond acceptors (Lipinski definition) is 5. The van der Waals surface area contributed by atoms with Crippen LogP contribution in [-0.4, -0.2) is 52.7 Å². The van der Waals surface area contributed by atoms with Crippen molar-refractivity contribution < 1.29 is 19.4 Å². The van der Waals surface area contributed by atoms with Gasteiger partial charge in [-0.25, -0.2) is 9.78 Å². The van der Waals surface area contributed by atoms with Gasteiger partial charge in [0.15, 0.2) is 6.04 Å². The summed E-state index contributed by atoms with van der Waals surface area (Å²) in [6, 6.07) is -0.918. The first-order valence-electron chi connectivity index (χ1n) is 5.13. The highest BCUT2D eigenvalue weighted by atomic mass is 32.1. The Balaban J connectivity index is 2.19. The monoisotopic (exact) mass is 256 g/mol. The molecule has 1 amide bonds. The third-order valence-corrected chi connectivity index (χ3v) is 3.29. The minimum Gasteiger partial charge on any atom is -0.480 e. The van der Waals surface area contributed by atoms with E-state index in [9.17, 15) is 9.59 Å². The number of aliphatic carboxylic acids is 1. The van der Waals surface area contributed by atoms with Crippen molar-refractivity contribution >= 4 is 23.2 Å². The van der Waals surface area contributed by atoms with E-state index >= 15 is 0 Å². The molecule has 0 saturated carbocycles. The summed E-state index contributed by atoms with van der Waals surface area (Å²) in [5.41, 5.74) is 0.306. The van der Waals surface area contributed by atoms with Gasteiger partial charge in [-0.15, -0.1) is 11.3 Å². The fraction of sp³-hybridized carbons (Fsp3) is 0.500. The van der Waals surface area contributed by atoms with Gasteiger partial charge >= 0.3 is 5.97 Å². The molecule has 1 aliphatic heterocycles. The SMILES string of the molecule is Cc1nc(C(=O)N2CCOCC2C(=O)O)cs1. The molecule has 92 valence electrons. The van der Waals surface area contributed by atoms with E-state index < -0.39 is 12.0 Å². The summed E-state index contributed by atoms with van der Waals surface area (Å²) < 4.78 is 5.07. The molecule has 1 aromatic rings. The molecule has 1 aliphatic rings. The molecular formula is C10H12N2O4S. The second kappa shape index (κ2) is 4.80. The Morgan fingerprint density at radius 1 is 1.65 bits per heavy atom. The molecule has 1 N–H and O–H groups in total. The van der Waals surface area contributed by atoms with Crippen molar-refractivity contribution in [3.63, 3.8) is 0 Å². The van der Waals surface area contributed by atoms with Crippen molar-refractivity contribution in [2.75, 3.05) is 19.8 Å². The van der Waals surface area contributed by atoms with Gasteiger partial charge in [0.05, 0.1) is 18.2 Å². The highest BCUT2D eigenvalue weighted by Crippen LogP contribution is 2.15. The van der Waals surface area contributed by atoms with E-state index in [1.165, 1.54) is 16.2 Å². The molecule has 0 bridgehead atoms. The number of carbonyl (C=O) groups excluding carboxylic acids is 1. The normalized spacial score (nSPS) is 20.3. The molecule has 0 aliphatic carbocycles. The molecule has 6 nitrogen and oxygen atoms in total. The minimum absolute atomic E-state index is 0.0319. The Hall–Kier alpha value is -1.47. The van der Waals surface area contributed by atoms with Gasteiger partial charge in [-0.05, 0) is 6.92 Å². The number of amides is 1. The van der Waals surface area contributed by atoms with Crippen LogP contribution in [0.3, 0.4) is 0 Å². The van der Waals surface area contributed by atoms with Gasteiger partial charge in [0.1, 0.15) is 5.69 Å². The topological polar surface area (TPSA) is 79.7 Å². The number of hydrogen-bond donors (Lipinski definition) is 1. The molecule has 1 fully saturated rings. The standard InChI is InChI=1S/C10H12N2O4S/c1-6-11-7(5-17-6)9(13)12-2-3-16-4-8(12)10(14)15/h5,8H,2-4H2,1H3,(H,14,15). The number of carbonyl (C=O) groups is 2. The molecule has 1 saturated heterocycles. The van der Waals surface area contributed by atoms with E-state index in [0.717, 1.165) is 5.01 Å². The molecular weight excluding hydrogens is 244 g/mol. The van der Waals surface area contributed by atoms with Crippen LogP contribution in [0.2, 0.25) is 0 Å². The highest BCUT2D eigenvalue weighted by Gasteiger charge is 2.33. The van der Waals surface area contributed by atoms with Crippen LogP contribution in [0.4, 0.5) is 0 Å². The Labute approximate surface area is 102 Å². The maximum atomic E-state index is 12.1. The van der Waals surface area contributed by atoms with Crippen LogP contribution in [0.5, 0.6) is 0 Å². The van der Waals surface area contributed by atoms with Crippen molar-refractivity contribution in [2.45, 2.75) is 13.0 Å². The Morgan fingerprint density at radius 3 is 3.00 bits per heavy atom. The van der Waals surface area contributed by atoms with Crippen LogP contribution in [0.1, 0.15) is 15.5 Å². The first kappa shape index (κ1) is 12.0. The van der Waals surface area contributed by atoms with E-state index in [-0.39, 0.29) is 19.1 Å². The van der Waals surface area contributed by atoms with Gasteiger partial charge in [-0.2, -0.15) is 0 Å². The zero-order chi connectivity index (χ0) is 12.4. The van der Waals surface area contributed by atoms with Crippen molar-refractivity contribution in [3.8, 4) is 0 Å². The van der Waals surface area contributed by atoms with Gasteiger partial charge in [0.2, 0.25) is 0 Å². The van der Waals surface area contributed by atoms with E-state index in [1.807, 2.05) is 0 Å². The van der Waals surface area contributed by atoms with Gasteiger partial charge < -0.3 is 14.7 Å². The van der Waals surface area contributed by atoms with Crippen LogP contribution in [-0.2, 0) is 9.53 Å². The molecule has 1 atom stereocenters. The lowest BCUT2D eigenvalue weighted by atomic mass is 10.2. The summed E-state index contributed by atoms with van der Waals surface area (Å²) >= 11 is 1.37. The largest absolute Gasteiger partial charge is 0.480 e. The second-order valence-corrected chi connectivity index (χ2v) is 4.74. The number of aryl methyl sites for hydroxylation is 1. The van der Waals surface area contributed by atoms with E-state index in [0.29, 0.717) is 12.3 Å². The zero-order valence-electron chi connectivity index (χ0n) is 9.25. The number of carboxylic acid groups (broad SMARTS) is 1. The fourth-order valence-corrected chi connectivity index (χ4v) is 2.25. The molecule has 0 radical (unpaired) electrons. The molecule has 0 spiro atoms. The average Bonchev–Trinajstić information content (AvgIpc) is 2.75. The molecule has 2 rings (SSSR count). The van der Waals surface area contributed by atoms with E-state index in [4.69, 9.17) is 9.84 Å². The predicted molar refractivity (Wildman–Crippen MR) is 60.1 cm³/mol. The van der Waals surface area contributed by atoms with Crippen molar-refractivity contribution in [1.29, 1.82) is 0 Å². The molecule has 7 heteroatoms. The number of rotatable bonds is 2. The van der Waals surface area contributed by atoms with E-state index in [1.54, 1.807) is 12.3 Å². The molecule has 1 aromatic heterocycles. The van der Waals surface area contributed by atoms with Gasteiger partial charge in [-0.3, -0.25) is 4.79 Å². The smallest absolute Gasteiger partial charge is 0.328 e. The predicted octanol–water partition coefficient (Wildman–Crippen LogP) is 0.377. The molecule has 1 unspecified atom stereocenters. The summed E-state index contributed by atoms with van der Waals surface area (Å²) in [5, 5.41) is 11.4. The van der Waals surface area contributed by atoms with Gasteiger partial charge in [0.25, 0.3) is 5.91 Å². The highest BCUT2D eigenvalue weighted by molar-refractivity contribution is 7.09. The lowest BCUT2D eigenvalue weighted by Gasteiger charge is -2.32. The number of nitrogens with zero attached hydrogens (tertiary/aromatic N) is 2. The van der Waals surface area contributed by atoms with Gasteiger partial charge in [0, 0.05) is 11.9 Å². The van der Waals surface area contributed by atoms with Crippen LogP contribution in [0.25, 0.3) is 0 Å². The maximum absolute atomic E-state index is 12.1. The summed E-state index contributed by atoms with van der Waals surface area (Å²) in [5.74, 6) is -1.39. The third-order valence-electron chi connectivity index (χ3n) is 2.51. The average molecular weight is 256 g/mol. The summed E-state index contributed by atoms with van der Waals surface area (Å²) in [6.45, 7) is 2.48. The lowest BCUT2D eigenvalue weighted by molar-refractivity contribution is -0.147. The quantitative estimate of drug-likeness (QED) is 0.827. The Kier molecular flexibility index (Phi) is 3.39. The van der Waals surface area contributed by atoms with Crippen LogP contribution < -0.4 is 0 Å². The van der Waals surface area contributed by atoms with Crippen molar-refractivity contribution in [1.82, 2.24) is 9.88 Å². The minimum atomic E-state index is -1.05. The second-order valence-electron chi connectivity index (χ2n) is 3.68. The number of thiazole rings is 1. The Morgan fingerprint density at radius 2 is 2.41 bits per heavy atom. The lowest BCUT2D eigenvalue weighted by Crippen LogP contribution is -2.52. The molecule has 2 heterocycles. The van der Waals surface area contributed by atoms with Crippen molar-refractivity contribution in [2.24, 2.45) is 0 Å². The van der Waals surface area contributed by atoms with Gasteiger partial charge in [-0.1, -0.05) is 0 Å². The Bertz CT molecular complexity index is 445. The number of carboxylic acids is 1. The number of ether oxygens (including phenoxy) is 1. The number of aromatic nitrogens is 1. The van der Waals surface area contributed by atoms with E-state index in [2.05, 4.69) is 4.98 Å². The first-order chi connectivity index (χ1) is 8.09. The first-order valence-corrected chi connectivity index (χ1v) is 6.01. The van der Waals surface area contributed by atoms with Crippen molar-refractivity contribution in [3.05, 3.63) is 16.1 Å². The molecule has 17 heavy (non-hydrogen) atoms. The molecule has 0 aromatic carbocycles. The zero-order valence-corrected chi connectivity index (χ0v) is 10.1. The van der Waals surface area contributed by atoms with Crippen LogP contribution in [0.15, 0.2) is 5.38 Å². The third kappa shape index (κ3) is 2.45. The summed E-state index contributed by atoms with van der Waals surface area (Å²) in [6.07, 6.45) is 0. The summed E-state index contributed by atoms with van der Waals surface area (Å²) in [7, 11) is 0. The maximum Gasteiger partial charge on any atom is 0.328 e.